The van der Waals surface area contributed by atoms with Crippen LogP contribution < -0.4 is 5.32 Å². The van der Waals surface area contributed by atoms with Crippen molar-refractivity contribution < 1.29 is 9.53 Å². The number of rotatable bonds is 4. The lowest BCUT2D eigenvalue weighted by Gasteiger charge is -2.28. The Balaban J connectivity index is 1.71. The van der Waals surface area contributed by atoms with E-state index in [-0.39, 0.29) is 12.1 Å². The lowest BCUT2D eigenvalue weighted by atomic mass is 10.0. The Morgan fingerprint density at radius 1 is 1.45 bits per heavy atom. The van der Waals surface area contributed by atoms with Gasteiger partial charge in [-0.3, -0.25) is 0 Å². The van der Waals surface area contributed by atoms with E-state index in [9.17, 15) is 4.79 Å². The molecule has 1 aliphatic rings. The zero-order chi connectivity index (χ0) is 13.8. The molecule has 6 nitrogen and oxygen atoms in total. The fraction of sp³-hybridized carbons (Fsp3) is 0.357. The van der Waals surface area contributed by atoms with E-state index in [0.29, 0.717) is 13.2 Å². The largest absolute Gasteiger partial charge is 0.378 e. The summed E-state index contributed by atoms with van der Waals surface area (Å²) >= 11 is 0. The molecular weight excluding hydrogens is 256 g/mol. The highest BCUT2D eigenvalue weighted by molar-refractivity contribution is 5.58. The summed E-state index contributed by atoms with van der Waals surface area (Å²) in [6, 6.07) is 8.06. The van der Waals surface area contributed by atoms with Crippen LogP contribution in [0, 0.1) is 0 Å². The number of carbonyl (C=O) groups is 1. The summed E-state index contributed by atoms with van der Waals surface area (Å²) in [5.74, 6) is 0. The Morgan fingerprint density at radius 3 is 3.20 bits per heavy atom. The maximum Gasteiger partial charge on any atom is 0.139 e. The Hall–Kier alpha value is -2.05. The van der Waals surface area contributed by atoms with Crippen molar-refractivity contribution in [1.29, 1.82) is 0 Å². The second kappa shape index (κ2) is 5.94. The van der Waals surface area contributed by atoms with Crippen molar-refractivity contribution in [2.24, 2.45) is 0 Å². The van der Waals surface area contributed by atoms with Gasteiger partial charge in [0.1, 0.15) is 6.29 Å². The molecule has 104 valence electrons. The zero-order valence-corrected chi connectivity index (χ0v) is 11.0. The standard InChI is InChI=1S/C14H16N4O2/c19-8-13-10-20-9-12(16-13)6-11-2-1-3-14(7-11)18-5-4-15-17-18/h1-5,7-8,12-13,16H,6,9-10H2/t12-,13?/m1/s1. The summed E-state index contributed by atoms with van der Waals surface area (Å²) in [6.45, 7) is 1.08. The van der Waals surface area contributed by atoms with Crippen molar-refractivity contribution in [2.75, 3.05) is 13.2 Å². The number of hydrogen-bond acceptors (Lipinski definition) is 5. The third kappa shape index (κ3) is 2.92. The molecule has 2 heterocycles. The second-order valence-electron chi connectivity index (χ2n) is 4.87. The molecule has 3 rings (SSSR count). The fourth-order valence-corrected chi connectivity index (χ4v) is 2.39. The highest BCUT2D eigenvalue weighted by atomic mass is 16.5. The molecule has 1 unspecified atom stereocenters. The Bertz CT molecular complexity index is 570. The molecular formula is C14H16N4O2. The average molecular weight is 272 g/mol. The Kier molecular flexibility index (Phi) is 3.85. The molecule has 0 aliphatic carbocycles. The molecule has 1 saturated heterocycles. The molecule has 1 aromatic heterocycles. The van der Waals surface area contributed by atoms with Crippen LogP contribution in [0.5, 0.6) is 0 Å². The van der Waals surface area contributed by atoms with Crippen LogP contribution in [0.3, 0.4) is 0 Å². The molecule has 0 spiro atoms. The van der Waals surface area contributed by atoms with Crippen molar-refractivity contribution in [3.8, 4) is 5.69 Å². The molecule has 2 atom stereocenters. The van der Waals surface area contributed by atoms with Crippen LogP contribution >= 0.6 is 0 Å². The average Bonchev–Trinajstić information content (AvgIpc) is 3.02. The molecule has 0 amide bonds. The van der Waals surface area contributed by atoms with Gasteiger partial charge in [0, 0.05) is 6.04 Å². The van der Waals surface area contributed by atoms with Crippen LogP contribution in [0.4, 0.5) is 0 Å². The van der Waals surface area contributed by atoms with Crippen LogP contribution in [0.2, 0.25) is 0 Å². The van der Waals surface area contributed by atoms with Crippen molar-refractivity contribution >= 4 is 6.29 Å². The van der Waals surface area contributed by atoms with Gasteiger partial charge in [-0.25, -0.2) is 4.68 Å². The van der Waals surface area contributed by atoms with Crippen LogP contribution in [-0.2, 0) is 16.0 Å². The molecule has 0 saturated carbocycles. The van der Waals surface area contributed by atoms with E-state index in [1.54, 1.807) is 10.9 Å². The second-order valence-corrected chi connectivity index (χ2v) is 4.87. The minimum atomic E-state index is -0.202. The maximum atomic E-state index is 10.8. The zero-order valence-electron chi connectivity index (χ0n) is 11.0. The number of aldehydes is 1. The van der Waals surface area contributed by atoms with Gasteiger partial charge in [-0.2, -0.15) is 0 Å². The molecule has 1 fully saturated rings. The van der Waals surface area contributed by atoms with Gasteiger partial charge in [0.15, 0.2) is 0 Å². The predicted octanol–water partition coefficient (Wildman–Crippen LogP) is 0.366. The molecule has 6 heteroatoms. The third-order valence-electron chi connectivity index (χ3n) is 3.31. The van der Waals surface area contributed by atoms with Gasteiger partial charge < -0.3 is 14.8 Å². The van der Waals surface area contributed by atoms with E-state index in [1.165, 1.54) is 5.56 Å². The van der Waals surface area contributed by atoms with Gasteiger partial charge in [-0.05, 0) is 24.1 Å². The molecule has 2 aromatic rings. The van der Waals surface area contributed by atoms with Crippen LogP contribution in [0.1, 0.15) is 5.56 Å². The van der Waals surface area contributed by atoms with E-state index < -0.39 is 0 Å². The van der Waals surface area contributed by atoms with Gasteiger partial charge >= 0.3 is 0 Å². The smallest absolute Gasteiger partial charge is 0.139 e. The van der Waals surface area contributed by atoms with Gasteiger partial charge in [0.25, 0.3) is 0 Å². The number of hydrogen-bond donors (Lipinski definition) is 1. The lowest BCUT2D eigenvalue weighted by Crippen LogP contribution is -2.50. The SMILES string of the molecule is O=CC1COC[C@@H](Cc2cccc(-n3ccnn3)c2)N1. The molecule has 20 heavy (non-hydrogen) atoms. The normalized spacial score (nSPS) is 22.6. The molecule has 1 aliphatic heterocycles. The molecule has 0 radical (unpaired) electrons. The summed E-state index contributed by atoms with van der Waals surface area (Å²) in [6.07, 6.45) is 5.17. The van der Waals surface area contributed by atoms with E-state index >= 15 is 0 Å². The first kappa shape index (κ1) is 13.0. The first-order valence-electron chi connectivity index (χ1n) is 6.60. The first-order valence-corrected chi connectivity index (χ1v) is 6.60. The van der Waals surface area contributed by atoms with Crippen LogP contribution in [0.25, 0.3) is 5.69 Å². The quantitative estimate of drug-likeness (QED) is 0.814. The topological polar surface area (TPSA) is 69.0 Å². The molecule has 0 bridgehead atoms. The number of benzene rings is 1. The number of aromatic nitrogens is 3. The van der Waals surface area contributed by atoms with Crippen LogP contribution in [0.15, 0.2) is 36.7 Å². The summed E-state index contributed by atoms with van der Waals surface area (Å²) < 4.78 is 7.16. The van der Waals surface area contributed by atoms with Crippen molar-refractivity contribution in [1.82, 2.24) is 20.3 Å². The van der Waals surface area contributed by atoms with Crippen molar-refractivity contribution in [2.45, 2.75) is 18.5 Å². The maximum absolute atomic E-state index is 10.8. The summed E-state index contributed by atoms with van der Waals surface area (Å²) in [5.41, 5.74) is 2.15. The number of morpholine rings is 1. The van der Waals surface area contributed by atoms with E-state index in [1.807, 2.05) is 18.3 Å². The highest BCUT2D eigenvalue weighted by Crippen LogP contribution is 2.12. The Labute approximate surface area is 116 Å². The van der Waals surface area contributed by atoms with Gasteiger partial charge in [-0.15, -0.1) is 5.10 Å². The summed E-state index contributed by atoms with van der Waals surface area (Å²) in [7, 11) is 0. The van der Waals surface area contributed by atoms with E-state index in [0.717, 1.165) is 18.4 Å². The monoisotopic (exact) mass is 272 g/mol. The fourth-order valence-electron chi connectivity index (χ4n) is 2.39. The number of nitrogens with zero attached hydrogens (tertiary/aromatic N) is 3. The van der Waals surface area contributed by atoms with Gasteiger partial charge in [-0.1, -0.05) is 17.3 Å². The number of carbonyl (C=O) groups excluding carboxylic acids is 1. The lowest BCUT2D eigenvalue weighted by molar-refractivity contribution is -0.112. The predicted molar refractivity (Wildman–Crippen MR) is 72.7 cm³/mol. The van der Waals surface area contributed by atoms with Gasteiger partial charge in [0.2, 0.25) is 0 Å². The van der Waals surface area contributed by atoms with E-state index in [2.05, 4.69) is 27.8 Å². The minimum absolute atomic E-state index is 0.157. The third-order valence-corrected chi connectivity index (χ3v) is 3.31. The summed E-state index contributed by atoms with van der Waals surface area (Å²) in [5, 5.41) is 11.1. The summed E-state index contributed by atoms with van der Waals surface area (Å²) in [4.78, 5) is 10.8. The van der Waals surface area contributed by atoms with Crippen LogP contribution in [-0.4, -0.2) is 46.6 Å². The van der Waals surface area contributed by atoms with Crippen molar-refractivity contribution in [3.63, 3.8) is 0 Å². The number of nitrogens with one attached hydrogen (secondary N) is 1. The minimum Gasteiger partial charge on any atom is -0.378 e. The van der Waals surface area contributed by atoms with E-state index in [4.69, 9.17) is 4.74 Å². The highest BCUT2D eigenvalue weighted by Gasteiger charge is 2.21. The Morgan fingerprint density at radius 2 is 2.40 bits per heavy atom. The molecule has 1 N–H and O–H groups in total. The van der Waals surface area contributed by atoms with Gasteiger partial charge in [0.05, 0.1) is 37.3 Å². The molecule has 1 aromatic carbocycles. The number of ether oxygens (including phenoxy) is 1. The van der Waals surface area contributed by atoms with Crippen molar-refractivity contribution in [3.05, 3.63) is 42.2 Å². The first-order chi connectivity index (χ1) is 9.85.